The number of rotatable bonds is 9. The zero-order valence-electron chi connectivity index (χ0n) is 11.0. The van der Waals surface area contributed by atoms with E-state index in [4.69, 9.17) is 15.2 Å². The maximum absolute atomic E-state index is 11.9. The van der Waals surface area contributed by atoms with Gasteiger partial charge in [0.2, 0.25) is 10.0 Å². The summed E-state index contributed by atoms with van der Waals surface area (Å²) in [6.45, 7) is 1.71. The van der Waals surface area contributed by atoms with Crippen molar-refractivity contribution in [1.29, 1.82) is 0 Å². The normalized spacial score (nSPS) is 11.5. The lowest BCUT2D eigenvalue weighted by Crippen LogP contribution is -2.26. The van der Waals surface area contributed by atoms with Crippen molar-refractivity contribution in [2.75, 3.05) is 33.4 Å². The number of nitrogens with one attached hydrogen (secondary N) is 1. The number of methoxy groups -OCH3 is 1. The molecule has 1 aromatic carbocycles. The van der Waals surface area contributed by atoms with E-state index < -0.39 is 10.0 Å². The molecule has 0 radical (unpaired) electrons. The van der Waals surface area contributed by atoms with Gasteiger partial charge in [-0.1, -0.05) is 0 Å². The van der Waals surface area contributed by atoms with Gasteiger partial charge < -0.3 is 15.2 Å². The Balaban J connectivity index is 2.59. The summed E-state index contributed by atoms with van der Waals surface area (Å²) in [5, 5.41) is 0. The molecule has 0 amide bonds. The smallest absolute Gasteiger partial charge is 0.240 e. The van der Waals surface area contributed by atoms with Crippen LogP contribution in [0.1, 0.15) is 6.42 Å². The molecular weight excluding hydrogens is 268 g/mol. The van der Waals surface area contributed by atoms with Crippen molar-refractivity contribution >= 4 is 10.0 Å². The maximum atomic E-state index is 11.9. The van der Waals surface area contributed by atoms with E-state index in [1.807, 2.05) is 0 Å². The van der Waals surface area contributed by atoms with Gasteiger partial charge in [-0.25, -0.2) is 13.1 Å². The Morgan fingerprint density at radius 2 is 1.89 bits per heavy atom. The van der Waals surface area contributed by atoms with Crippen LogP contribution in [0.5, 0.6) is 5.75 Å². The summed E-state index contributed by atoms with van der Waals surface area (Å²) >= 11 is 0. The number of hydrogen-bond donors (Lipinski definition) is 2. The second-order valence-electron chi connectivity index (χ2n) is 3.85. The summed E-state index contributed by atoms with van der Waals surface area (Å²) in [5.74, 6) is 0.609. The SMILES string of the molecule is COCCOc1ccc(S(=O)(=O)NCCCN)cc1. The molecule has 0 bridgehead atoms. The average molecular weight is 288 g/mol. The molecule has 19 heavy (non-hydrogen) atoms. The van der Waals surface area contributed by atoms with E-state index in [-0.39, 0.29) is 4.90 Å². The molecule has 0 aliphatic rings. The summed E-state index contributed by atoms with van der Waals surface area (Å²) in [6, 6.07) is 6.25. The number of ether oxygens (including phenoxy) is 2. The van der Waals surface area contributed by atoms with Gasteiger partial charge in [-0.3, -0.25) is 0 Å². The molecule has 0 atom stereocenters. The van der Waals surface area contributed by atoms with Crippen molar-refractivity contribution < 1.29 is 17.9 Å². The van der Waals surface area contributed by atoms with E-state index >= 15 is 0 Å². The minimum absolute atomic E-state index is 0.212. The minimum Gasteiger partial charge on any atom is -0.491 e. The molecule has 1 aromatic rings. The highest BCUT2D eigenvalue weighted by Crippen LogP contribution is 2.15. The largest absolute Gasteiger partial charge is 0.491 e. The highest BCUT2D eigenvalue weighted by atomic mass is 32.2. The minimum atomic E-state index is -3.46. The number of hydrogen-bond acceptors (Lipinski definition) is 5. The molecular formula is C12H20N2O4S. The molecule has 3 N–H and O–H groups in total. The zero-order chi connectivity index (χ0) is 14.1. The van der Waals surface area contributed by atoms with Crippen molar-refractivity contribution in [3.8, 4) is 5.75 Å². The Kier molecular flexibility index (Phi) is 6.79. The van der Waals surface area contributed by atoms with Gasteiger partial charge in [-0.05, 0) is 37.2 Å². The van der Waals surface area contributed by atoms with Gasteiger partial charge in [0.15, 0.2) is 0 Å². The van der Waals surface area contributed by atoms with Crippen molar-refractivity contribution in [3.63, 3.8) is 0 Å². The Labute approximate surface area is 113 Å². The molecule has 0 heterocycles. The van der Waals surface area contributed by atoms with E-state index in [2.05, 4.69) is 4.72 Å². The van der Waals surface area contributed by atoms with Crippen LogP contribution in [-0.4, -0.2) is 41.8 Å². The van der Waals surface area contributed by atoms with Gasteiger partial charge >= 0.3 is 0 Å². The van der Waals surface area contributed by atoms with Gasteiger partial charge in [0.25, 0.3) is 0 Å². The van der Waals surface area contributed by atoms with Crippen LogP contribution in [0.4, 0.5) is 0 Å². The summed E-state index contributed by atoms with van der Waals surface area (Å²) in [6.07, 6.45) is 0.609. The lowest BCUT2D eigenvalue weighted by molar-refractivity contribution is 0.146. The van der Waals surface area contributed by atoms with Crippen LogP contribution < -0.4 is 15.2 Å². The molecule has 0 saturated heterocycles. The molecule has 6 nitrogen and oxygen atoms in total. The van der Waals surface area contributed by atoms with Crippen LogP contribution in [-0.2, 0) is 14.8 Å². The van der Waals surface area contributed by atoms with Gasteiger partial charge in [-0.15, -0.1) is 0 Å². The van der Waals surface area contributed by atoms with E-state index in [9.17, 15) is 8.42 Å². The lowest BCUT2D eigenvalue weighted by Gasteiger charge is -2.08. The Morgan fingerprint density at radius 1 is 1.21 bits per heavy atom. The summed E-state index contributed by atoms with van der Waals surface area (Å²) in [4.78, 5) is 0.212. The fourth-order valence-corrected chi connectivity index (χ4v) is 2.42. The molecule has 0 saturated carbocycles. The Morgan fingerprint density at radius 3 is 2.47 bits per heavy atom. The van der Waals surface area contributed by atoms with Gasteiger partial charge in [0.05, 0.1) is 11.5 Å². The molecule has 0 aromatic heterocycles. The topological polar surface area (TPSA) is 90.6 Å². The van der Waals surface area contributed by atoms with E-state index in [0.717, 1.165) is 0 Å². The third-order valence-corrected chi connectivity index (χ3v) is 3.84. The third kappa shape index (κ3) is 5.56. The standard InChI is InChI=1S/C12H20N2O4S/c1-17-9-10-18-11-3-5-12(6-4-11)19(15,16)14-8-2-7-13/h3-6,14H,2,7-10,13H2,1H3. The first-order valence-electron chi connectivity index (χ1n) is 6.01. The molecule has 0 spiro atoms. The lowest BCUT2D eigenvalue weighted by atomic mass is 10.3. The van der Waals surface area contributed by atoms with Crippen molar-refractivity contribution in [2.24, 2.45) is 5.73 Å². The van der Waals surface area contributed by atoms with Gasteiger partial charge in [0, 0.05) is 13.7 Å². The second-order valence-corrected chi connectivity index (χ2v) is 5.62. The van der Waals surface area contributed by atoms with Crippen LogP contribution in [0.2, 0.25) is 0 Å². The van der Waals surface area contributed by atoms with Crippen LogP contribution in [0.15, 0.2) is 29.2 Å². The summed E-state index contributed by atoms with van der Waals surface area (Å²) in [5.41, 5.74) is 5.31. The Bertz CT molecular complexity index is 459. The average Bonchev–Trinajstić information content (AvgIpc) is 2.40. The third-order valence-electron chi connectivity index (χ3n) is 2.36. The monoisotopic (exact) mass is 288 g/mol. The fraction of sp³-hybridized carbons (Fsp3) is 0.500. The van der Waals surface area contributed by atoms with Crippen LogP contribution in [0.25, 0.3) is 0 Å². The zero-order valence-corrected chi connectivity index (χ0v) is 11.8. The highest BCUT2D eigenvalue weighted by Gasteiger charge is 2.12. The van der Waals surface area contributed by atoms with Crippen molar-refractivity contribution in [1.82, 2.24) is 4.72 Å². The molecule has 0 unspecified atom stereocenters. The van der Waals surface area contributed by atoms with Gasteiger partial charge in [0.1, 0.15) is 12.4 Å². The molecule has 1 rings (SSSR count). The van der Waals surface area contributed by atoms with Crippen molar-refractivity contribution in [2.45, 2.75) is 11.3 Å². The molecule has 0 fully saturated rings. The highest BCUT2D eigenvalue weighted by molar-refractivity contribution is 7.89. The first kappa shape index (κ1) is 15.9. The fourth-order valence-electron chi connectivity index (χ4n) is 1.35. The second kappa shape index (κ2) is 8.11. The molecule has 0 aliphatic carbocycles. The predicted molar refractivity (Wildman–Crippen MR) is 72.7 cm³/mol. The van der Waals surface area contributed by atoms with Gasteiger partial charge in [-0.2, -0.15) is 0 Å². The first-order valence-corrected chi connectivity index (χ1v) is 7.50. The number of nitrogens with two attached hydrogens (primary N) is 1. The quantitative estimate of drug-likeness (QED) is 0.639. The number of sulfonamides is 1. The maximum Gasteiger partial charge on any atom is 0.240 e. The number of benzene rings is 1. The van der Waals surface area contributed by atoms with Crippen molar-refractivity contribution in [3.05, 3.63) is 24.3 Å². The Hall–Kier alpha value is -1.15. The predicted octanol–water partition coefficient (Wildman–Crippen LogP) is 0.339. The summed E-state index contributed by atoms with van der Waals surface area (Å²) in [7, 11) is -1.87. The van der Waals surface area contributed by atoms with Crippen LogP contribution in [0.3, 0.4) is 0 Å². The van der Waals surface area contributed by atoms with Crippen LogP contribution >= 0.6 is 0 Å². The van der Waals surface area contributed by atoms with Crippen LogP contribution in [0, 0.1) is 0 Å². The van der Waals surface area contributed by atoms with E-state index in [1.54, 1.807) is 19.2 Å². The van der Waals surface area contributed by atoms with E-state index in [0.29, 0.717) is 38.5 Å². The summed E-state index contributed by atoms with van der Waals surface area (Å²) < 4.78 is 36.4. The molecule has 0 aliphatic heterocycles. The first-order chi connectivity index (χ1) is 9.10. The molecule has 108 valence electrons. The van der Waals surface area contributed by atoms with E-state index in [1.165, 1.54) is 12.1 Å². The molecule has 7 heteroatoms.